The summed E-state index contributed by atoms with van der Waals surface area (Å²) >= 11 is 1.66. The molecule has 3 heteroatoms. The molecule has 15 heavy (non-hydrogen) atoms. The van der Waals surface area contributed by atoms with Gasteiger partial charge in [-0.1, -0.05) is 30.3 Å². The summed E-state index contributed by atoms with van der Waals surface area (Å²) in [6, 6.07) is 10.5. The summed E-state index contributed by atoms with van der Waals surface area (Å²) in [5.41, 5.74) is 2.55. The van der Waals surface area contributed by atoms with Crippen molar-refractivity contribution in [2.24, 2.45) is 0 Å². The molecule has 0 amide bonds. The van der Waals surface area contributed by atoms with E-state index in [9.17, 15) is 0 Å². The highest BCUT2D eigenvalue weighted by Gasteiger charge is 2.00. The molecule has 2 rings (SSSR count). The molecule has 1 N–H and O–H groups in total. The second kappa shape index (κ2) is 4.94. The minimum Gasteiger partial charge on any atom is -0.365 e. The molecule has 2 nitrogen and oxygen atoms in total. The number of benzene rings is 1. The van der Waals surface area contributed by atoms with Crippen LogP contribution in [-0.4, -0.2) is 12.0 Å². The van der Waals surface area contributed by atoms with Crippen molar-refractivity contribution in [1.29, 1.82) is 0 Å². The average Bonchev–Trinajstić information content (AvgIpc) is 2.76. The predicted octanol–water partition coefficient (Wildman–Crippen LogP) is 2.97. The fraction of sp³-hybridized carbons (Fsp3) is 0.250. The van der Waals surface area contributed by atoms with Gasteiger partial charge < -0.3 is 5.32 Å². The number of aryl methyl sites for hydroxylation is 2. The number of aromatic nitrogens is 1. The Kier molecular flexibility index (Phi) is 3.35. The molecule has 0 saturated heterocycles. The van der Waals surface area contributed by atoms with Crippen LogP contribution in [0.25, 0.3) is 0 Å². The van der Waals surface area contributed by atoms with Crippen molar-refractivity contribution in [1.82, 2.24) is 4.98 Å². The predicted molar refractivity (Wildman–Crippen MR) is 65.5 cm³/mol. The lowest BCUT2D eigenvalue weighted by molar-refractivity contribution is 0.926. The number of anilines is 1. The van der Waals surface area contributed by atoms with Gasteiger partial charge >= 0.3 is 0 Å². The molecule has 0 fully saturated rings. The van der Waals surface area contributed by atoms with Gasteiger partial charge in [0.25, 0.3) is 0 Å². The van der Waals surface area contributed by atoms with Crippen LogP contribution < -0.4 is 5.32 Å². The largest absolute Gasteiger partial charge is 0.365 e. The van der Waals surface area contributed by atoms with Gasteiger partial charge in [-0.25, -0.2) is 4.98 Å². The second-order valence-electron chi connectivity index (χ2n) is 3.38. The third-order valence-electron chi connectivity index (χ3n) is 2.28. The maximum atomic E-state index is 4.45. The van der Waals surface area contributed by atoms with Gasteiger partial charge in [0.2, 0.25) is 0 Å². The maximum Gasteiger partial charge on any atom is 0.182 e. The number of rotatable bonds is 4. The van der Waals surface area contributed by atoms with Gasteiger partial charge in [0.1, 0.15) is 0 Å². The standard InChI is InChI=1S/C12H14N2S/c1-13-12-14-11(9-15-12)8-7-10-5-3-2-4-6-10/h2-6,9H,7-8H2,1H3,(H,13,14). The zero-order valence-corrected chi connectivity index (χ0v) is 9.55. The van der Waals surface area contributed by atoms with Crippen molar-refractivity contribution in [3.05, 3.63) is 47.0 Å². The van der Waals surface area contributed by atoms with E-state index in [1.165, 1.54) is 11.3 Å². The number of nitrogens with one attached hydrogen (secondary N) is 1. The molecule has 0 atom stereocenters. The first-order chi connectivity index (χ1) is 7.38. The van der Waals surface area contributed by atoms with Crippen molar-refractivity contribution in [2.75, 3.05) is 12.4 Å². The molecular formula is C12H14N2S. The highest BCUT2D eigenvalue weighted by molar-refractivity contribution is 7.13. The lowest BCUT2D eigenvalue weighted by Crippen LogP contribution is -1.92. The van der Waals surface area contributed by atoms with E-state index < -0.39 is 0 Å². The fourth-order valence-corrected chi connectivity index (χ4v) is 2.16. The number of hydrogen-bond donors (Lipinski definition) is 1. The van der Waals surface area contributed by atoms with Crippen molar-refractivity contribution in [3.8, 4) is 0 Å². The van der Waals surface area contributed by atoms with E-state index in [1.807, 2.05) is 13.1 Å². The van der Waals surface area contributed by atoms with Crippen molar-refractivity contribution < 1.29 is 0 Å². The Morgan fingerprint density at radius 3 is 2.67 bits per heavy atom. The topological polar surface area (TPSA) is 24.9 Å². The normalized spacial score (nSPS) is 10.2. The number of hydrogen-bond acceptors (Lipinski definition) is 3. The summed E-state index contributed by atoms with van der Waals surface area (Å²) < 4.78 is 0. The van der Waals surface area contributed by atoms with E-state index in [-0.39, 0.29) is 0 Å². The van der Waals surface area contributed by atoms with Gasteiger partial charge in [-0.2, -0.15) is 0 Å². The second-order valence-corrected chi connectivity index (χ2v) is 4.24. The van der Waals surface area contributed by atoms with E-state index in [2.05, 4.69) is 39.9 Å². The summed E-state index contributed by atoms with van der Waals surface area (Å²) in [5, 5.41) is 6.17. The van der Waals surface area contributed by atoms with Crippen LogP contribution in [0, 0.1) is 0 Å². The van der Waals surface area contributed by atoms with Crippen molar-refractivity contribution in [3.63, 3.8) is 0 Å². The minimum absolute atomic E-state index is 0.998. The molecule has 0 saturated carbocycles. The van der Waals surface area contributed by atoms with Crippen LogP contribution in [0.1, 0.15) is 11.3 Å². The number of thiazole rings is 1. The highest BCUT2D eigenvalue weighted by Crippen LogP contribution is 2.15. The summed E-state index contributed by atoms with van der Waals surface area (Å²) in [5.74, 6) is 0. The molecule has 1 aromatic carbocycles. The number of nitrogens with zero attached hydrogens (tertiary/aromatic N) is 1. The van der Waals surface area contributed by atoms with Gasteiger partial charge in [-0.15, -0.1) is 11.3 Å². The van der Waals surface area contributed by atoms with E-state index in [0.29, 0.717) is 0 Å². The minimum atomic E-state index is 0.998. The Labute approximate surface area is 94.0 Å². The first-order valence-electron chi connectivity index (χ1n) is 5.04. The fourth-order valence-electron chi connectivity index (χ4n) is 1.45. The van der Waals surface area contributed by atoms with Crippen molar-refractivity contribution in [2.45, 2.75) is 12.8 Å². The zero-order valence-electron chi connectivity index (χ0n) is 8.73. The Balaban J connectivity index is 1.93. The molecule has 0 radical (unpaired) electrons. The Hall–Kier alpha value is -1.35. The Bertz CT molecular complexity index is 409. The van der Waals surface area contributed by atoms with E-state index in [0.717, 1.165) is 18.0 Å². The van der Waals surface area contributed by atoms with Crippen LogP contribution in [0.5, 0.6) is 0 Å². The third-order valence-corrected chi connectivity index (χ3v) is 3.19. The highest BCUT2D eigenvalue weighted by atomic mass is 32.1. The van der Waals surface area contributed by atoms with Gasteiger partial charge in [-0.05, 0) is 18.4 Å². The third kappa shape index (κ3) is 2.80. The zero-order chi connectivity index (χ0) is 10.5. The van der Waals surface area contributed by atoms with Crippen LogP contribution in [-0.2, 0) is 12.8 Å². The summed E-state index contributed by atoms with van der Waals surface area (Å²) in [6.45, 7) is 0. The first kappa shape index (κ1) is 10.2. The van der Waals surface area contributed by atoms with Crippen molar-refractivity contribution >= 4 is 16.5 Å². The summed E-state index contributed by atoms with van der Waals surface area (Å²) in [7, 11) is 1.90. The smallest absolute Gasteiger partial charge is 0.182 e. The monoisotopic (exact) mass is 218 g/mol. The van der Waals surface area contributed by atoms with Crippen LogP contribution in [0.3, 0.4) is 0 Å². The molecule has 0 aliphatic carbocycles. The van der Waals surface area contributed by atoms with Gasteiger partial charge in [0.15, 0.2) is 5.13 Å². The molecule has 0 aliphatic heterocycles. The lowest BCUT2D eigenvalue weighted by atomic mass is 10.1. The molecule has 2 aromatic rings. The maximum absolute atomic E-state index is 4.45. The molecule has 0 aliphatic rings. The molecule has 78 valence electrons. The first-order valence-corrected chi connectivity index (χ1v) is 5.92. The van der Waals surface area contributed by atoms with Gasteiger partial charge in [-0.3, -0.25) is 0 Å². The molecule has 1 heterocycles. The Morgan fingerprint density at radius 1 is 1.20 bits per heavy atom. The molecule has 0 spiro atoms. The van der Waals surface area contributed by atoms with Crippen LogP contribution >= 0.6 is 11.3 Å². The van der Waals surface area contributed by atoms with E-state index in [4.69, 9.17) is 0 Å². The molecular weight excluding hydrogens is 204 g/mol. The van der Waals surface area contributed by atoms with E-state index >= 15 is 0 Å². The SMILES string of the molecule is CNc1nc(CCc2ccccc2)cs1. The molecule has 0 bridgehead atoms. The van der Waals surface area contributed by atoms with Crippen LogP contribution in [0.15, 0.2) is 35.7 Å². The average molecular weight is 218 g/mol. The molecule has 0 unspecified atom stereocenters. The van der Waals surface area contributed by atoms with Gasteiger partial charge in [0.05, 0.1) is 5.69 Å². The quantitative estimate of drug-likeness (QED) is 0.853. The summed E-state index contributed by atoms with van der Waals surface area (Å²) in [4.78, 5) is 4.45. The molecule has 1 aromatic heterocycles. The lowest BCUT2D eigenvalue weighted by Gasteiger charge is -1.98. The van der Waals surface area contributed by atoms with Crippen LogP contribution in [0.2, 0.25) is 0 Å². The summed E-state index contributed by atoms with van der Waals surface area (Å²) in [6.07, 6.45) is 2.08. The van der Waals surface area contributed by atoms with Crippen LogP contribution in [0.4, 0.5) is 5.13 Å². The van der Waals surface area contributed by atoms with E-state index in [1.54, 1.807) is 11.3 Å². The van der Waals surface area contributed by atoms with Gasteiger partial charge in [0, 0.05) is 12.4 Å². The Morgan fingerprint density at radius 2 is 2.00 bits per heavy atom.